The molecule has 1 aromatic carbocycles. The van der Waals surface area contributed by atoms with Gasteiger partial charge in [-0.2, -0.15) is 0 Å². The molecule has 0 heterocycles. The third-order valence-electron chi connectivity index (χ3n) is 4.40. The largest absolute Gasteiger partial charge is 0.490 e. The molecule has 3 N–H and O–H groups in total. The number of aliphatic hydroxyl groups is 2. The Morgan fingerprint density at radius 2 is 1.86 bits per heavy atom. The van der Waals surface area contributed by atoms with Gasteiger partial charge in [0.05, 0.1) is 6.61 Å². The molecule has 4 heteroatoms. The van der Waals surface area contributed by atoms with Crippen LogP contribution in [0, 0.1) is 13.8 Å². The number of ether oxygens (including phenoxy) is 1. The van der Waals surface area contributed by atoms with Gasteiger partial charge in [0.2, 0.25) is 0 Å². The molecule has 118 valence electrons. The van der Waals surface area contributed by atoms with Crippen LogP contribution in [0.15, 0.2) is 18.2 Å². The van der Waals surface area contributed by atoms with Crippen LogP contribution >= 0.6 is 0 Å². The standard InChI is InChI=1S/C17H27NO3/c1-13-6-5-7-14(2)16(13)21-11-15(20)10-18-17(12-19)8-3-4-9-17/h5-7,15,18-20H,3-4,8-12H2,1-2H3. The molecule has 1 aliphatic rings. The lowest BCUT2D eigenvalue weighted by Gasteiger charge is -2.29. The minimum Gasteiger partial charge on any atom is -0.490 e. The van der Waals surface area contributed by atoms with E-state index in [1.807, 2.05) is 32.0 Å². The van der Waals surface area contributed by atoms with Gasteiger partial charge < -0.3 is 20.3 Å². The number of aryl methyl sites for hydroxylation is 2. The molecule has 0 amide bonds. The molecule has 1 fully saturated rings. The van der Waals surface area contributed by atoms with Gasteiger partial charge in [-0.25, -0.2) is 0 Å². The van der Waals surface area contributed by atoms with Crippen LogP contribution in [0.3, 0.4) is 0 Å². The highest BCUT2D eigenvalue weighted by Crippen LogP contribution is 2.29. The second-order valence-electron chi connectivity index (χ2n) is 6.21. The van der Waals surface area contributed by atoms with Gasteiger partial charge in [0.15, 0.2) is 0 Å². The lowest BCUT2D eigenvalue weighted by molar-refractivity contribution is 0.0845. The van der Waals surface area contributed by atoms with E-state index in [0.717, 1.165) is 42.6 Å². The first-order chi connectivity index (χ1) is 10.1. The summed E-state index contributed by atoms with van der Waals surface area (Å²) in [5.41, 5.74) is 1.97. The molecule has 1 aliphatic carbocycles. The van der Waals surface area contributed by atoms with Gasteiger partial charge in [0.25, 0.3) is 0 Å². The summed E-state index contributed by atoms with van der Waals surface area (Å²) >= 11 is 0. The van der Waals surface area contributed by atoms with Crippen LogP contribution in [0.25, 0.3) is 0 Å². The van der Waals surface area contributed by atoms with Crippen LogP contribution in [0.5, 0.6) is 5.75 Å². The Labute approximate surface area is 127 Å². The fourth-order valence-corrected chi connectivity index (χ4v) is 3.04. The number of hydrogen-bond acceptors (Lipinski definition) is 4. The summed E-state index contributed by atoms with van der Waals surface area (Å²) in [4.78, 5) is 0. The van der Waals surface area contributed by atoms with Crippen LogP contribution in [-0.2, 0) is 0 Å². The van der Waals surface area contributed by atoms with E-state index in [2.05, 4.69) is 5.32 Å². The maximum absolute atomic E-state index is 10.1. The molecule has 4 nitrogen and oxygen atoms in total. The second-order valence-corrected chi connectivity index (χ2v) is 6.21. The predicted molar refractivity (Wildman–Crippen MR) is 83.7 cm³/mol. The Kier molecular flexibility index (Phi) is 5.62. The van der Waals surface area contributed by atoms with E-state index in [1.54, 1.807) is 0 Å². The van der Waals surface area contributed by atoms with Crippen molar-refractivity contribution in [2.75, 3.05) is 19.8 Å². The lowest BCUT2D eigenvalue weighted by Crippen LogP contribution is -2.49. The van der Waals surface area contributed by atoms with Crippen molar-refractivity contribution in [1.82, 2.24) is 5.32 Å². The molecular formula is C17H27NO3. The van der Waals surface area contributed by atoms with E-state index >= 15 is 0 Å². The maximum atomic E-state index is 10.1. The van der Waals surface area contributed by atoms with E-state index in [-0.39, 0.29) is 18.8 Å². The summed E-state index contributed by atoms with van der Waals surface area (Å²) in [6.07, 6.45) is 3.67. The Bertz CT molecular complexity index is 435. The van der Waals surface area contributed by atoms with E-state index in [9.17, 15) is 10.2 Å². The molecule has 0 saturated heterocycles. The van der Waals surface area contributed by atoms with E-state index in [0.29, 0.717) is 6.54 Å². The van der Waals surface area contributed by atoms with Gasteiger partial charge in [0, 0.05) is 12.1 Å². The maximum Gasteiger partial charge on any atom is 0.125 e. The molecule has 1 unspecified atom stereocenters. The third kappa shape index (κ3) is 4.19. The van der Waals surface area contributed by atoms with Crippen molar-refractivity contribution in [2.24, 2.45) is 0 Å². The fraction of sp³-hybridized carbons (Fsp3) is 0.647. The number of hydrogen-bond donors (Lipinski definition) is 3. The van der Waals surface area contributed by atoms with Crippen molar-refractivity contribution in [3.8, 4) is 5.75 Å². The monoisotopic (exact) mass is 293 g/mol. The molecule has 2 rings (SSSR count). The number of β-amino-alcohol motifs (C(OH)–C–C–N with tert-alkyl or cyclic N) is 1. The average molecular weight is 293 g/mol. The zero-order valence-electron chi connectivity index (χ0n) is 13.1. The zero-order valence-corrected chi connectivity index (χ0v) is 13.1. The van der Waals surface area contributed by atoms with Crippen LogP contribution in [0.1, 0.15) is 36.8 Å². The molecule has 0 spiro atoms. The van der Waals surface area contributed by atoms with Gasteiger partial charge in [-0.1, -0.05) is 31.0 Å². The highest BCUT2D eigenvalue weighted by molar-refractivity contribution is 5.39. The van der Waals surface area contributed by atoms with Crippen molar-refractivity contribution < 1.29 is 14.9 Å². The van der Waals surface area contributed by atoms with Gasteiger partial charge in [-0.15, -0.1) is 0 Å². The first-order valence-electron chi connectivity index (χ1n) is 7.79. The number of nitrogens with one attached hydrogen (secondary N) is 1. The number of rotatable bonds is 7. The van der Waals surface area contributed by atoms with Gasteiger partial charge in [-0.3, -0.25) is 0 Å². The summed E-state index contributed by atoms with van der Waals surface area (Å²) in [7, 11) is 0. The minimum atomic E-state index is -0.576. The Balaban J connectivity index is 1.81. The highest BCUT2D eigenvalue weighted by atomic mass is 16.5. The summed E-state index contributed by atoms with van der Waals surface area (Å²) in [6.45, 7) is 4.86. The van der Waals surface area contributed by atoms with E-state index < -0.39 is 6.10 Å². The zero-order chi connectivity index (χ0) is 15.3. The molecule has 0 radical (unpaired) electrons. The number of para-hydroxylation sites is 1. The molecule has 0 bridgehead atoms. The summed E-state index contributed by atoms with van der Waals surface area (Å²) < 4.78 is 5.76. The SMILES string of the molecule is Cc1cccc(C)c1OCC(O)CNC1(CO)CCCC1. The average Bonchev–Trinajstić information content (AvgIpc) is 2.94. The molecule has 21 heavy (non-hydrogen) atoms. The highest BCUT2D eigenvalue weighted by Gasteiger charge is 2.32. The van der Waals surface area contributed by atoms with Crippen molar-refractivity contribution in [1.29, 1.82) is 0 Å². The van der Waals surface area contributed by atoms with Crippen LogP contribution in [-0.4, -0.2) is 41.6 Å². The molecule has 1 atom stereocenters. The van der Waals surface area contributed by atoms with Gasteiger partial charge >= 0.3 is 0 Å². The minimum absolute atomic E-state index is 0.136. The van der Waals surface area contributed by atoms with Gasteiger partial charge in [0.1, 0.15) is 18.5 Å². The Morgan fingerprint density at radius 1 is 1.24 bits per heavy atom. The third-order valence-corrected chi connectivity index (χ3v) is 4.40. The molecule has 1 aromatic rings. The normalized spacial score (nSPS) is 18.7. The Hall–Kier alpha value is -1.10. The quantitative estimate of drug-likeness (QED) is 0.719. The summed E-state index contributed by atoms with van der Waals surface area (Å²) in [6, 6.07) is 6.01. The van der Waals surface area contributed by atoms with Gasteiger partial charge in [-0.05, 0) is 37.8 Å². The Morgan fingerprint density at radius 3 is 2.43 bits per heavy atom. The molecule has 1 saturated carbocycles. The summed E-state index contributed by atoms with van der Waals surface area (Å²) in [5, 5.41) is 23.0. The topological polar surface area (TPSA) is 61.7 Å². The lowest BCUT2D eigenvalue weighted by atomic mass is 9.99. The number of benzene rings is 1. The van der Waals surface area contributed by atoms with Crippen molar-refractivity contribution >= 4 is 0 Å². The van der Waals surface area contributed by atoms with Crippen molar-refractivity contribution in [2.45, 2.75) is 51.2 Å². The smallest absolute Gasteiger partial charge is 0.125 e. The summed E-state index contributed by atoms with van der Waals surface area (Å²) in [5.74, 6) is 0.856. The second kappa shape index (κ2) is 7.25. The van der Waals surface area contributed by atoms with Crippen LogP contribution < -0.4 is 10.1 Å². The molecular weight excluding hydrogens is 266 g/mol. The van der Waals surface area contributed by atoms with Crippen molar-refractivity contribution in [3.05, 3.63) is 29.3 Å². The molecule has 0 aliphatic heterocycles. The molecule has 0 aromatic heterocycles. The van der Waals surface area contributed by atoms with E-state index in [4.69, 9.17) is 4.74 Å². The van der Waals surface area contributed by atoms with Crippen LogP contribution in [0.2, 0.25) is 0 Å². The van der Waals surface area contributed by atoms with Crippen molar-refractivity contribution in [3.63, 3.8) is 0 Å². The first-order valence-corrected chi connectivity index (χ1v) is 7.79. The fourth-order valence-electron chi connectivity index (χ4n) is 3.04. The van der Waals surface area contributed by atoms with E-state index in [1.165, 1.54) is 0 Å². The first kappa shape index (κ1) is 16.3. The van der Waals surface area contributed by atoms with Crippen LogP contribution in [0.4, 0.5) is 0 Å². The predicted octanol–water partition coefficient (Wildman–Crippen LogP) is 1.94. The number of aliphatic hydroxyl groups excluding tert-OH is 2.